The first-order valence-corrected chi connectivity index (χ1v) is 7.53. The molecule has 5 heteroatoms. The number of hydrogen-bond donors (Lipinski definition) is 0. The molecule has 0 aromatic carbocycles. The zero-order valence-corrected chi connectivity index (χ0v) is 12.3. The van der Waals surface area contributed by atoms with Crippen molar-refractivity contribution < 1.29 is 0 Å². The Bertz CT molecular complexity index is 989. The fourth-order valence-corrected chi connectivity index (χ4v) is 2.89. The Labute approximate surface area is 131 Å². The molecule has 0 bridgehead atoms. The molecule has 0 unspecified atom stereocenters. The standard InChI is InChI=1S/C17H10N4S/c1-2-13(12-18-9-1)3-4-14-5-6-16(22-14)15-8-11-21-17(20-15)7-10-19-21/h1-2,5-12H. The Balaban J connectivity index is 1.65. The maximum Gasteiger partial charge on any atom is 0.155 e. The lowest BCUT2D eigenvalue weighted by atomic mass is 10.3. The van der Waals surface area contributed by atoms with E-state index in [1.165, 1.54) is 0 Å². The summed E-state index contributed by atoms with van der Waals surface area (Å²) in [6, 6.07) is 11.8. The maximum atomic E-state index is 4.59. The van der Waals surface area contributed by atoms with E-state index in [1.807, 2.05) is 42.6 Å². The molecule has 0 saturated carbocycles. The SMILES string of the molecule is C(#Cc1ccc(-c2ccn3nccc3n2)s1)c1cccnc1. The van der Waals surface area contributed by atoms with Gasteiger partial charge in [0, 0.05) is 30.2 Å². The number of nitrogens with zero attached hydrogens (tertiary/aromatic N) is 4. The van der Waals surface area contributed by atoms with Gasteiger partial charge in [-0.1, -0.05) is 11.8 Å². The normalized spacial score (nSPS) is 10.4. The Morgan fingerprint density at radius 2 is 2.00 bits per heavy atom. The van der Waals surface area contributed by atoms with Crippen LogP contribution < -0.4 is 0 Å². The average molecular weight is 302 g/mol. The summed E-state index contributed by atoms with van der Waals surface area (Å²) >= 11 is 1.63. The fourth-order valence-electron chi connectivity index (χ4n) is 2.06. The topological polar surface area (TPSA) is 43.1 Å². The van der Waals surface area contributed by atoms with Crippen LogP contribution in [0.3, 0.4) is 0 Å². The van der Waals surface area contributed by atoms with Crippen molar-refractivity contribution in [2.24, 2.45) is 0 Å². The van der Waals surface area contributed by atoms with E-state index in [-0.39, 0.29) is 0 Å². The number of hydrogen-bond acceptors (Lipinski definition) is 4. The second kappa shape index (κ2) is 5.43. The van der Waals surface area contributed by atoms with Crippen LogP contribution in [-0.2, 0) is 0 Å². The molecule has 4 aromatic heterocycles. The zero-order valence-electron chi connectivity index (χ0n) is 11.5. The van der Waals surface area contributed by atoms with E-state index < -0.39 is 0 Å². The molecular formula is C17H10N4S. The van der Waals surface area contributed by atoms with Crippen LogP contribution in [0.25, 0.3) is 16.2 Å². The van der Waals surface area contributed by atoms with Crippen LogP contribution in [0.1, 0.15) is 10.4 Å². The highest BCUT2D eigenvalue weighted by Gasteiger charge is 2.04. The smallest absolute Gasteiger partial charge is 0.155 e. The van der Waals surface area contributed by atoms with Crippen LogP contribution in [0.2, 0.25) is 0 Å². The third-order valence-electron chi connectivity index (χ3n) is 3.11. The Hall–Kier alpha value is -2.97. The summed E-state index contributed by atoms with van der Waals surface area (Å²) in [6.45, 7) is 0. The molecule has 0 fully saturated rings. The lowest BCUT2D eigenvalue weighted by Crippen LogP contribution is -1.89. The lowest BCUT2D eigenvalue weighted by molar-refractivity contribution is 0.941. The van der Waals surface area contributed by atoms with Crippen LogP contribution in [0.15, 0.2) is 61.2 Å². The highest BCUT2D eigenvalue weighted by Crippen LogP contribution is 2.26. The third kappa shape index (κ3) is 2.48. The number of aromatic nitrogens is 4. The quantitative estimate of drug-likeness (QED) is 0.507. The minimum atomic E-state index is 0.842. The van der Waals surface area contributed by atoms with Crippen LogP contribution in [-0.4, -0.2) is 19.6 Å². The van der Waals surface area contributed by atoms with Gasteiger partial charge in [-0.25, -0.2) is 9.50 Å². The molecule has 0 saturated heterocycles. The molecule has 0 N–H and O–H groups in total. The summed E-state index contributed by atoms with van der Waals surface area (Å²) in [7, 11) is 0. The van der Waals surface area contributed by atoms with Crippen LogP contribution in [0.4, 0.5) is 0 Å². The van der Waals surface area contributed by atoms with Crippen molar-refractivity contribution in [3.05, 3.63) is 71.6 Å². The van der Waals surface area contributed by atoms with Crippen molar-refractivity contribution in [3.8, 4) is 22.4 Å². The molecule has 4 aromatic rings. The number of thiophene rings is 1. The van der Waals surface area contributed by atoms with Crippen molar-refractivity contribution in [2.75, 3.05) is 0 Å². The van der Waals surface area contributed by atoms with Crippen molar-refractivity contribution in [1.29, 1.82) is 0 Å². The fraction of sp³-hybridized carbons (Fsp3) is 0. The Kier molecular flexibility index (Phi) is 3.15. The highest BCUT2D eigenvalue weighted by atomic mass is 32.1. The number of fused-ring (bicyclic) bond motifs is 1. The summed E-state index contributed by atoms with van der Waals surface area (Å²) in [5.74, 6) is 6.28. The summed E-state index contributed by atoms with van der Waals surface area (Å²) < 4.78 is 1.75. The van der Waals surface area contributed by atoms with E-state index in [0.717, 1.165) is 26.7 Å². The van der Waals surface area contributed by atoms with Gasteiger partial charge in [-0.2, -0.15) is 5.10 Å². The second-order valence-electron chi connectivity index (χ2n) is 4.60. The molecule has 22 heavy (non-hydrogen) atoms. The van der Waals surface area contributed by atoms with Gasteiger partial charge in [0.25, 0.3) is 0 Å². The lowest BCUT2D eigenvalue weighted by Gasteiger charge is -1.97. The molecule has 0 amide bonds. The third-order valence-corrected chi connectivity index (χ3v) is 4.13. The van der Waals surface area contributed by atoms with Crippen molar-refractivity contribution in [1.82, 2.24) is 19.6 Å². The minimum absolute atomic E-state index is 0.842. The first kappa shape index (κ1) is 12.7. The second-order valence-corrected chi connectivity index (χ2v) is 5.69. The van der Waals surface area contributed by atoms with Crippen LogP contribution in [0, 0.1) is 11.8 Å². The molecule has 0 aliphatic carbocycles. The van der Waals surface area contributed by atoms with Gasteiger partial charge in [0.05, 0.1) is 21.6 Å². The summed E-state index contributed by atoms with van der Waals surface area (Å²) in [5, 5.41) is 4.15. The Morgan fingerprint density at radius 1 is 1.00 bits per heavy atom. The molecule has 104 valence electrons. The Morgan fingerprint density at radius 3 is 2.91 bits per heavy atom. The van der Waals surface area contributed by atoms with E-state index in [4.69, 9.17) is 0 Å². The van der Waals surface area contributed by atoms with E-state index >= 15 is 0 Å². The number of pyridine rings is 1. The summed E-state index contributed by atoms with van der Waals surface area (Å²) in [5.41, 5.74) is 2.69. The predicted molar refractivity (Wildman–Crippen MR) is 86.5 cm³/mol. The van der Waals surface area contributed by atoms with Gasteiger partial charge in [-0.3, -0.25) is 4.98 Å². The molecule has 0 spiro atoms. The van der Waals surface area contributed by atoms with Gasteiger partial charge in [0.2, 0.25) is 0 Å². The zero-order chi connectivity index (χ0) is 14.8. The molecule has 0 radical (unpaired) electrons. The van der Waals surface area contributed by atoms with E-state index in [1.54, 1.807) is 34.4 Å². The molecule has 4 heterocycles. The largest absolute Gasteiger partial charge is 0.263 e. The van der Waals surface area contributed by atoms with Crippen molar-refractivity contribution in [2.45, 2.75) is 0 Å². The predicted octanol–water partition coefficient (Wildman–Crippen LogP) is 3.25. The molecule has 0 aliphatic rings. The minimum Gasteiger partial charge on any atom is -0.263 e. The highest BCUT2D eigenvalue weighted by molar-refractivity contribution is 7.16. The maximum absolute atomic E-state index is 4.59. The van der Waals surface area contributed by atoms with Crippen molar-refractivity contribution >= 4 is 17.0 Å². The summed E-state index contributed by atoms with van der Waals surface area (Å²) in [4.78, 5) is 10.8. The van der Waals surface area contributed by atoms with E-state index in [2.05, 4.69) is 26.9 Å². The molecule has 4 rings (SSSR count). The van der Waals surface area contributed by atoms with Gasteiger partial charge in [0.15, 0.2) is 5.65 Å². The first-order chi connectivity index (χ1) is 10.9. The van der Waals surface area contributed by atoms with Gasteiger partial charge in [0.1, 0.15) is 0 Å². The van der Waals surface area contributed by atoms with Crippen LogP contribution in [0.5, 0.6) is 0 Å². The van der Waals surface area contributed by atoms with Gasteiger partial charge >= 0.3 is 0 Å². The molecule has 0 atom stereocenters. The summed E-state index contributed by atoms with van der Waals surface area (Å²) in [6.07, 6.45) is 7.16. The van der Waals surface area contributed by atoms with Crippen molar-refractivity contribution in [3.63, 3.8) is 0 Å². The number of rotatable bonds is 1. The van der Waals surface area contributed by atoms with Gasteiger partial charge in [-0.05, 0) is 30.3 Å². The van der Waals surface area contributed by atoms with Gasteiger partial charge in [-0.15, -0.1) is 11.3 Å². The molecule has 4 nitrogen and oxygen atoms in total. The van der Waals surface area contributed by atoms with E-state index in [0.29, 0.717) is 0 Å². The molecule has 0 aliphatic heterocycles. The van der Waals surface area contributed by atoms with E-state index in [9.17, 15) is 0 Å². The van der Waals surface area contributed by atoms with Crippen LogP contribution >= 0.6 is 11.3 Å². The molecular weight excluding hydrogens is 292 g/mol. The monoisotopic (exact) mass is 302 g/mol. The first-order valence-electron chi connectivity index (χ1n) is 6.71. The average Bonchev–Trinajstić information content (AvgIpc) is 3.22. The van der Waals surface area contributed by atoms with Gasteiger partial charge < -0.3 is 0 Å².